The molecule has 4 N–H and O–H groups in total. The van der Waals surface area contributed by atoms with Gasteiger partial charge in [0, 0.05) is 0 Å². The molecule has 0 fully saturated rings. The summed E-state index contributed by atoms with van der Waals surface area (Å²) in [6.45, 7) is 4.03. The summed E-state index contributed by atoms with van der Waals surface area (Å²) in [6.07, 6.45) is 1.91. The van der Waals surface area contributed by atoms with Crippen LogP contribution in [-0.4, -0.2) is 44.9 Å². The highest BCUT2D eigenvalue weighted by molar-refractivity contribution is 5.74. The lowest BCUT2D eigenvalue weighted by Crippen LogP contribution is -2.26. The van der Waals surface area contributed by atoms with Crippen molar-refractivity contribution in [2.75, 3.05) is 6.61 Å². The molecule has 0 saturated carbocycles. The van der Waals surface area contributed by atoms with Crippen molar-refractivity contribution in [2.24, 2.45) is 0 Å². The first-order chi connectivity index (χ1) is 9.81. The Morgan fingerprint density at radius 1 is 1.05 bits per heavy atom. The largest absolute Gasteiger partial charge is 0.516 e. The van der Waals surface area contributed by atoms with Gasteiger partial charge in [0.25, 0.3) is 0 Å². The molecule has 0 aliphatic carbocycles. The van der Waals surface area contributed by atoms with Gasteiger partial charge in [0.05, 0.1) is 0 Å². The second kappa shape index (κ2) is 13.2. The Kier molecular flexibility index (Phi) is 13.5. The third kappa shape index (κ3) is 16.2. The Morgan fingerprint density at radius 3 is 1.71 bits per heavy atom. The van der Waals surface area contributed by atoms with Crippen LogP contribution in [0.3, 0.4) is 0 Å². The highest BCUT2D eigenvalue weighted by atomic mass is 16.7. The molecule has 0 spiro atoms. The maximum atomic E-state index is 10.1. The van der Waals surface area contributed by atoms with E-state index in [0.29, 0.717) is 0 Å². The summed E-state index contributed by atoms with van der Waals surface area (Å²) < 4.78 is 3.08. The Balaban J connectivity index is 0. The van der Waals surface area contributed by atoms with Crippen LogP contribution in [0.25, 0.3) is 0 Å². The summed E-state index contributed by atoms with van der Waals surface area (Å²) in [5.74, 6) is 5.33. The molecule has 0 aromatic heterocycles. The van der Waals surface area contributed by atoms with Gasteiger partial charge in [-0.15, -0.1) is 0 Å². The van der Waals surface area contributed by atoms with E-state index >= 15 is 0 Å². The number of unbranched alkanes of at least 4 members (excludes halogenated alkanes) is 2. The molecule has 0 aromatic carbocycles. The number of carbonyl (C=O) groups is 2. The fourth-order valence-electron chi connectivity index (χ4n) is 1.47. The number of ether oxygens (including phenoxy) is 1. The van der Waals surface area contributed by atoms with Crippen molar-refractivity contribution in [3.8, 4) is 11.8 Å². The monoisotopic (exact) mass is 304 g/mol. The predicted molar refractivity (Wildman–Crippen MR) is 76.0 cm³/mol. The first-order valence-corrected chi connectivity index (χ1v) is 6.78. The van der Waals surface area contributed by atoms with Crippen LogP contribution in [0.4, 0.5) is 9.59 Å². The van der Waals surface area contributed by atoms with Crippen LogP contribution in [0.1, 0.15) is 52.4 Å². The van der Waals surface area contributed by atoms with E-state index in [1.807, 2.05) is 0 Å². The van der Waals surface area contributed by atoms with Crippen LogP contribution >= 0.6 is 0 Å². The van der Waals surface area contributed by atoms with Gasteiger partial charge in [-0.25, -0.2) is 9.59 Å². The van der Waals surface area contributed by atoms with Gasteiger partial charge >= 0.3 is 12.3 Å². The molecule has 7 heteroatoms. The van der Waals surface area contributed by atoms with Crippen molar-refractivity contribution >= 4 is 12.3 Å². The molecule has 0 bridgehead atoms. The van der Waals surface area contributed by atoms with E-state index in [1.165, 1.54) is 0 Å². The summed E-state index contributed by atoms with van der Waals surface area (Å²) >= 11 is 0. The molecule has 0 aromatic rings. The molecule has 0 rings (SSSR count). The van der Waals surface area contributed by atoms with Gasteiger partial charge in [-0.3, -0.25) is 0 Å². The number of rotatable bonds is 6. The van der Waals surface area contributed by atoms with E-state index in [0.717, 1.165) is 38.5 Å². The van der Waals surface area contributed by atoms with Crippen LogP contribution in [0.5, 0.6) is 0 Å². The quantitative estimate of drug-likeness (QED) is 0.337. The smallest absolute Gasteiger partial charge is 0.449 e. The summed E-state index contributed by atoms with van der Waals surface area (Å²) in [4.78, 5) is 18.4. The molecule has 0 heterocycles. The van der Waals surface area contributed by atoms with Crippen LogP contribution < -0.4 is 0 Å². The number of aliphatic hydroxyl groups is 2. The molecule has 0 amide bonds. The second-order valence-electron chi connectivity index (χ2n) is 4.33. The molecule has 21 heavy (non-hydrogen) atoms. The molecular weight excluding hydrogens is 280 g/mol. The average molecular weight is 304 g/mol. The third-order valence-electron chi connectivity index (χ3n) is 2.46. The molecule has 0 unspecified atom stereocenters. The van der Waals surface area contributed by atoms with E-state index in [9.17, 15) is 14.7 Å². The van der Waals surface area contributed by atoms with Crippen LogP contribution in [0.2, 0.25) is 0 Å². The topological polar surface area (TPSA) is 124 Å². The van der Waals surface area contributed by atoms with Crippen molar-refractivity contribution < 1.29 is 34.8 Å². The van der Waals surface area contributed by atoms with E-state index in [2.05, 4.69) is 30.4 Å². The highest BCUT2D eigenvalue weighted by Gasteiger charge is 2.22. The molecule has 0 atom stereocenters. The van der Waals surface area contributed by atoms with E-state index in [4.69, 9.17) is 15.3 Å². The highest BCUT2D eigenvalue weighted by Crippen LogP contribution is 2.20. The van der Waals surface area contributed by atoms with Gasteiger partial charge in [0.15, 0.2) is 0 Å². The van der Waals surface area contributed by atoms with Gasteiger partial charge in [-0.1, -0.05) is 38.5 Å². The summed E-state index contributed by atoms with van der Waals surface area (Å²) in [7, 11) is 0. The zero-order chi connectivity index (χ0) is 16.7. The number of carboxylic acid groups (broad SMARTS) is 2. The fourth-order valence-corrected chi connectivity index (χ4v) is 1.47. The van der Waals surface area contributed by atoms with Crippen molar-refractivity contribution in [3.05, 3.63) is 0 Å². The van der Waals surface area contributed by atoms with Gasteiger partial charge in [0.2, 0.25) is 0 Å². The zero-order valence-electron chi connectivity index (χ0n) is 12.5. The second-order valence-corrected chi connectivity index (χ2v) is 4.33. The summed E-state index contributed by atoms with van der Waals surface area (Å²) in [5.41, 5.74) is -0.866. The Morgan fingerprint density at radius 2 is 1.48 bits per heavy atom. The van der Waals surface area contributed by atoms with Gasteiger partial charge in [0.1, 0.15) is 12.2 Å². The van der Waals surface area contributed by atoms with Gasteiger partial charge in [-0.05, 0) is 25.7 Å². The molecule has 122 valence electrons. The minimum atomic E-state index is -1.81. The predicted octanol–water partition coefficient (Wildman–Crippen LogP) is 2.45. The van der Waals surface area contributed by atoms with Gasteiger partial charge < -0.3 is 25.2 Å². The maximum absolute atomic E-state index is 10.1. The molecule has 0 aliphatic rings. The van der Waals surface area contributed by atoms with Crippen LogP contribution in [0, 0.1) is 11.8 Å². The van der Waals surface area contributed by atoms with Crippen LogP contribution in [0.15, 0.2) is 0 Å². The van der Waals surface area contributed by atoms with Crippen molar-refractivity contribution in [2.45, 2.75) is 58.0 Å². The fraction of sp³-hybridized carbons (Fsp3) is 0.714. The van der Waals surface area contributed by atoms with Gasteiger partial charge in [-0.2, -0.15) is 0 Å². The first kappa shape index (κ1) is 21.5. The lowest BCUT2D eigenvalue weighted by atomic mass is 9.91. The summed E-state index contributed by atoms with van der Waals surface area (Å²) in [6, 6.07) is 0. The molecule has 7 nitrogen and oxygen atoms in total. The first-order valence-electron chi connectivity index (χ1n) is 6.78. The molecular formula is C14H24O7. The zero-order valence-corrected chi connectivity index (χ0v) is 12.5. The summed E-state index contributed by atoms with van der Waals surface area (Å²) in [5, 5.41) is 33.7. The molecule has 0 saturated heterocycles. The van der Waals surface area contributed by atoms with Crippen molar-refractivity contribution in [1.29, 1.82) is 0 Å². The Bertz CT molecular complexity index is 334. The minimum Gasteiger partial charge on any atom is -0.449 e. The number of hydrogen-bond acceptors (Lipinski definition) is 5. The number of aliphatic hydroxyl groups excluding tert-OH is 1. The third-order valence-corrected chi connectivity index (χ3v) is 2.46. The molecule has 0 aliphatic heterocycles. The molecule has 0 radical (unpaired) electrons. The maximum Gasteiger partial charge on any atom is 0.516 e. The lowest BCUT2D eigenvalue weighted by molar-refractivity contribution is 0.0768. The van der Waals surface area contributed by atoms with E-state index in [1.54, 1.807) is 0 Å². The van der Waals surface area contributed by atoms with E-state index < -0.39 is 17.9 Å². The average Bonchev–Trinajstić information content (AvgIpc) is 2.40. The Hall–Kier alpha value is -1.78. The standard InChI is InChI=1S/C12H22O2.C2H2O5/c1-3-5-8-12(14,9-6-4-2)10-7-11-13;3-1(4)7-2(5)6/h13-14H,3-6,8-9,11H2,1-2H3;(H,3,4)(H,5,6). The lowest BCUT2D eigenvalue weighted by Gasteiger charge is -2.21. The van der Waals surface area contributed by atoms with Crippen LogP contribution in [-0.2, 0) is 4.74 Å². The normalized spacial score (nSPS) is 9.71. The van der Waals surface area contributed by atoms with Crippen molar-refractivity contribution in [1.82, 2.24) is 0 Å². The Labute approximate surface area is 124 Å². The van der Waals surface area contributed by atoms with E-state index in [-0.39, 0.29) is 6.61 Å². The SMILES string of the molecule is CCCCC(O)(C#CCO)CCCC.O=C(O)OC(=O)O. The number of hydrogen-bond donors (Lipinski definition) is 4. The van der Waals surface area contributed by atoms with Crippen molar-refractivity contribution in [3.63, 3.8) is 0 Å². The minimum absolute atomic E-state index is 0.166.